The first-order chi connectivity index (χ1) is 7.46. The van der Waals surface area contributed by atoms with Crippen molar-refractivity contribution in [3.05, 3.63) is 0 Å². The van der Waals surface area contributed by atoms with Crippen LogP contribution >= 0.6 is 0 Å². The van der Waals surface area contributed by atoms with Crippen LogP contribution in [-0.4, -0.2) is 47.1 Å². The number of hydrogen-bond donors (Lipinski definition) is 2. The molecule has 0 bridgehead atoms. The molecule has 0 radical (unpaired) electrons. The van der Waals surface area contributed by atoms with Crippen molar-refractivity contribution in [2.75, 3.05) is 0 Å². The summed E-state index contributed by atoms with van der Waals surface area (Å²) in [5, 5.41) is 19.3. The van der Waals surface area contributed by atoms with E-state index in [2.05, 4.69) is 0 Å². The summed E-state index contributed by atoms with van der Waals surface area (Å²) < 4.78 is 21.9. The quantitative estimate of drug-likeness (QED) is 0.588. The van der Waals surface area contributed by atoms with E-state index in [4.69, 9.17) is 18.9 Å². The summed E-state index contributed by atoms with van der Waals surface area (Å²) in [6.07, 6.45) is -3.00. The first-order valence-corrected chi connectivity index (χ1v) is 5.49. The Balaban J connectivity index is 1.80. The molecule has 0 amide bonds. The minimum atomic E-state index is -0.983. The molecule has 3 saturated heterocycles. The summed E-state index contributed by atoms with van der Waals surface area (Å²) in [7, 11) is 0. The minimum absolute atomic E-state index is 0.178. The zero-order valence-electron chi connectivity index (χ0n) is 9.20. The van der Waals surface area contributed by atoms with E-state index in [1.165, 1.54) is 0 Å². The maximum absolute atomic E-state index is 9.91. The number of ether oxygens (including phenoxy) is 4. The van der Waals surface area contributed by atoms with Gasteiger partial charge in [0.2, 0.25) is 0 Å². The van der Waals surface area contributed by atoms with Crippen molar-refractivity contribution in [3.8, 4) is 0 Å². The zero-order valence-corrected chi connectivity index (χ0v) is 9.20. The van der Waals surface area contributed by atoms with Crippen molar-refractivity contribution in [2.24, 2.45) is 5.92 Å². The highest BCUT2D eigenvalue weighted by atomic mass is 16.9. The topological polar surface area (TPSA) is 77.4 Å². The van der Waals surface area contributed by atoms with Crippen molar-refractivity contribution >= 4 is 0 Å². The number of aliphatic hydroxyl groups excluding tert-OH is 2. The Morgan fingerprint density at radius 3 is 2.56 bits per heavy atom. The molecule has 6 nitrogen and oxygen atoms in total. The number of rotatable bonds is 0. The van der Waals surface area contributed by atoms with Gasteiger partial charge < -0.3 is 29.2 Å². The molecule has 6 unspecified atom stereocenters. The summed E-state index contributed by atoms with van der Waals surface area (Å²) >= 11 is 0. The normalized spacial score (nSPS) is 54.8. The van der Waals surface area contributed by atoms with Crippen LogP contribution in [0, 0.1) is 5.92 Å². The van der Waals surface area contributed by atoms with E-state index >= 15 is 0 Å². The Morgan fingerprint density at radius 2 is 1.81 bits per heavy atom. The molecule has 3 rings (SSSR count). The number of aliphatic hydroxyl groups is 2. The van der Waals surface area contributed by atoms with Gasteiger partial charge in [-0.3, -0.25) is 0 Å². The van der Waals surface area contributed by atoms with Crippen molar-refractivity contribution in [1.29, 1.82) is 0 Å². The summed E-state index contributed by atoms with van der Waals surface area (Å²) in [6, 6.07) is 0. The summed E-state index contributed by atoms with van der Waals surface area (Å²) in [5.74, 6) is -0.994. The Morgan fingerprint density at radius 1 is 1.06 bits per heavy atom. The maximum atomic E-state index is 9.91. The SMILES string of the molecule is CC1(C)OC2OC3OC(O)CC(O)C3C2O1. The fraction of sp³-hybridized carbons (Fsp3) is 1.00. The highest BCUT2D eigenvalue weighted by Gasteiger charge is 2.59. The van der Waals surface area contributed by atoms with Gasteiger partial charge in [0.1, 0.15) is 6.10 Å². The largest absolute Gasteiger partial charge is 0.392 e. The standard InChI is InChI=1S/C10H16O6/c1-10(2)15-7-6-4(11)3-5(12)13-8(6)14-9(7)16-10/h4-9,11-12H,3H2,1-2H3. The van der Waals surface area contributed by atoms with Gasteiger partial charge in [0.05, 0.1) is 12.0 Å². The highest BCUT2D eigenvalue weighted by Crippen LogP contribution is 2.45. The van der Waals surface area contributed by atoms with Crippen LogP contribution in [0.4, 0.5) is 0 Å². The lowest BCUT2D eigenvalue weighted by atomic mass is 9.92. The molecule has 6 heteroatoms. The molecule has 3 aliphatic heterocycles. The van der Waals surface area contributed by atoms with E-state index < -0.39 is 30.8 Å². The molecule has 0 saturated carbocycles. The fourth-order valence-corrected chi connectivity index (χ4v) is 2.60. The molecule has 6 atom stereocenters. The van der Waals surface area contributed by atoms with Crippen LogP contribution in [0.2, 0.25) is 0 Å². The summed E-state index contributed by atoms with van der Waals surface area (Å²) in [6.45, 7) is 3.60. The lowest BCUT2D eigenvalue weighted by Crippen LogP contribution is -2.46. The Labute approximate surface area is 93.0 Å². The van der Waals surface area contributed by atoms with E-state index in [0.29, 0.717) is 0 Å². The average Bonchev–Trinajstić information content (AvgIpc) is 2.54. The summed E-state index contributed by atoms with van der Waals surface area (Å²) in [5.41, 5.74) is 0. The van der Waals surface area contributed by atoms with Gasteiger partial charge in [-0.1, -0.05) is 0 Å². The molecule has 2 N–H and O–H groups in total. The van der Waals surface area contributed by atoms with E-state index in [1.807, 2.05) is 0 Å². The fourth-order valence-electron chi connectivity index (χ4n) is 2.60. The Kier molecular flexibility index (Phi) is 2.30. The molecule has 3 aliphatic rings. The lowest BCUT2D eigenvalue weighted by molar-refractivity contribution is -0.314. The Bertz CT molecular complexity index is 293. The molecule has 0 aliphatic carbocycles. The molecule has 16 heavy (non-hydrogen) atoms. The van der Waals surface area contributed by atoms with Crippen molar-refractivity contribution in [3.63, 3.8) is 0 Å². The van der Waals surface area contributed by atoms with Crippen LogP contribution < -0.4 is 0 Å². The lowest BCUT2D eigenvalue weighted by Gasteiger charge is -2.35. The molecule has 3 fully saturated rings. The van der Waals surface area contributed by atoms with E-state index in [9.17, 15) is 10.2 Å². The Hall–Kier alpha value is -0.240. The molecule has 92 valence electrons. The first kappa shape index (κ1) is 10.9. The van der Waals surface area contributed by atoms with Crippen LogP contribution in [0.5, 0.6) is 0 Å². The maximum Gasteiger partial charge on any atom is 0.190 e. The average molecular weight is 232 g/mol. The van der Waals surface area contributed by atoms with Crippen molar-refractivity contribution in [1.82, 2.24) is 0 Å². The monoisotopic (exact) mass is 232 g/mol. The van der Waals surface area contributed by atoms with E-state index in [1.54, 1.807) is 13.8 Å². The predicted molar refractivity (Wildman–Crippen MR) is 49.9 cm³/mol. The van der Waals surface area contributed by atoms with Crippen LogP contribution in [0.3, 0.4) is 0 Å². The molecular formula is C10H16O6. The van der Waals surface area contributed by atoms with E-state index in [-0.39, 0.29) is 18.4 Å². The third kappa shape index (κ3) is 1.57. The van der Waals surface area contributed by atoms with Crippen LogP contribution in [0.1, 0.15) is 20.3 Å². The molecule has 0 aromatic heterocycles. The van der Waals surface area contributed by atoms with Gasteiger partial charge in [0.15, 0.2) is 24.7 Å². The van der Waals surface area contributed by atoms with Crippen molar-refractivity contribution in [2.45, 2.75) is 57.1 Å². The van der Waals surface area contributed by atoms with Crippen LogP contribution in [0.25, 0.3) is 0 Å². The highest BCUT2D eigenvalue weighted by molar-refractivity contribution is 4.95. The minimum Gasteiger partial charge on any atom is -0.392 e. The van der Waals surface area contributed by atoms with Crippen molar-refractivity contribution < 1.29 is 29.2 Å². The van der Waals surface area contributed by atoms with Crippen LogP contribution in [0.15, 0.2) is 0 Å². The van der Waals surface area contributed by atoms with Gasteiger partial charge in [-0.15, -0.1) is 0 Å². The third-order valence-corrected chi connectivity index (χ3v) is 3.23. The van der Waals surface area contributed by atoms with E-state index in [0.717, 1.165) is 0 Å². The van der Waals surface area contributed by atoms with Crippen LogP contribution in [-0.2, 0) is 18.9 Å². The molecule has 0 aromatic rings. The predicted octanol–water partition coefficient (Wildman–Crippen LogP) is -0.464. The van der Waals surface area contributed by atoms with Gasteiger partial charge in [0.25, 0.3) is 0 Å². The van der Waals surface area contributed by atoms with Gasteiger partial charge in [0, 0.05) is 6.42 Å². The molecular weight excluding hydrogens is 216 g/mol. The molecule has 0 aromatic carbocycles. The first-order valence-electron chi connectivity index (χ1n) is 5.49. The molecule has 3 heterocycles. The van der Waals surface area contributed by atoms with Gasteiger partial charge in [-0.05, 0) is 13.8 Å². The smallest absolute Gasteiger partial charge is 0.190 e. The number of hydrogen-bond acceptors (Lipinski definition) is 6. The molecule has 0 spiro atoms. The number of fused-ring (bicyclic) bond motifs is 3. The van der Waals surface area contributed by atoms with Gasteiger partial charge in [-0.25, -0.2) is 0 Å². The second-order valence-electron chi connectivity index (χ2n) is 4.94. The second kappa shape index (κ2) is 3.38. The summed E-state index contributed by atoms with van der Waals surface area (Å²) in [4.78, 5) is 0. The van der Waals surface area contributed by atoms with Gasteiger partial charge in [-0.2, -0.15) is 0 Å². The van der Waals surface area contributed by atoms with Gasteiger partial charge >= 0.3 is 0 Å². The zero-order chi connectivity index (χ0) is 11.5. The third-order valence-electron chi connectivity index (χ3n) is 3.23. The second-order valence-corrected chi connectivity index (χ2v) is 4.94.